The van der Waals surface area contributed by atoms with Crippen LogP contribution in [0.25, 0.3) is 0 Å². The second-order valence-electron chi connectivity index (χ2n) is 11.6. The maximum atomic E-state index is 2.44. The van der Waals surface area contributed by atoms with E-state index in [-0.39, 0.29) is 10.8 Å². The van der Waals surface area contributed by atoms with Gasteiger partial charge in [-0.2, -0.15) is 0 Å². The van der Waals surface area contributed by atoms with E-state index in [1.807, 2.05) is 0 Å². The highest BCUT2D eigenvalue weighted by Crippen LogP contribution is 2.46. The van der Waals surface area contributed by atoms with Gasteiger partial charge < -0.3 is 4.90 Å². The number of likely N-dealkylation sites (N-methyl/N-ethyl adjacent to an activating group) is 1. The molecule has 180 valence electrons. The van der Waals surface area contributed by atoms with Crippen LogP contribution in [0.15, 0.2) is 84.6 Å². The van der Waals surface area contributed by atoms with Crippen LogP contribution in [0.4, 0.5) is 11.4 Å². The van der Waals surface area contributed by atoms with E-state index in [0.29, 0.717) is 6.04 Å². The summed E-state index contributed by atoms with van der Waals surface area (Å²) in [5.41, 5.74) is 7.19. The lowest BCUT2D eigenvalue weighted by Crippen LogP contribution is -3.10. The number of nitrogens with zero attached hydrogens (tertiary/aromatic N) is 1. The number of benzene rings is 2. The molecular weight excluding hydrogens is 412 g/mol. The summed E-state index contributed by atoms with van der Waals surface area (Å²) in [5, 5.41) is 0. The number of para-hydroxylation sites is 2. The first-order valence-corrected chi connectivity index (χ1v) is 13.0. The van der Waals surface area contributed by atoms with Crippen LogP contribution < -0.4 is 9.80 Å². The van der Waals surface area contributed by atoms with Crippen LogP contribution in [0.3, 0.4) is 0 Å². The van der Waals surface area contributed by atoms with Crippen molar-refractivity contribution in [3.8, 4) is 0 Å². The number of fused-ring (bicyclic) bond motifs is 2. The van der Waals surface area contributed by atoms with Crippen LogP contribution in [0.1, 0.15) is 65.5 Å². The summed E-state index contributed by atoms with van der Waals surface area (Å²) < 4.78 is 0. The van der Waals surface area contributed by atoms with Crippen molar-refractivity contribution in [2.75, 3.05) is 18.5 Å². The zero-order valence-electron chi connectivity index (χ0n) is 22.2. The molecule has 2 atom stereocenters. The Labute approximate surface area is 207 Å². The Balaban J connectivity index is 1.53. The Bertz CT molecular complexity index is 1100. The quantitative estimate of drug-likeness (QED) is 0.455. The lowest BCUT2D eigenvalue weighted by atomic mass is 9.80. The second kappa shape index (κ2) is 9.58. The van der Waals surface area contributed by atoms with E-state index < -0.39 is 0 Å². The molecule has 0 aliphatic carbocycles. The molecule has 2 unspecified atom stereocenters. The Hall–Kier alpha value is -2.58. The number of allylic oxidation sites excluding steroid dienone is 5. The molecule has 0 fully saturated rings. The van der Waals surface area contributed by atoms with Crippen molar-refractivity contribution in [2.24, 2.45) is 5.92 Å². The second-order valence-corrected chi connectivity index (χ2v) is 11.6. The maximum absolute atomic E-state index is 2.44. The zero-order chi connectivity index (χ0) is 24.5. The van der Waals surface area contributed by atoms with Gasteiger partial charge >= 0.3 is 0 Å². The third kappa shape index (κ3) is 4.41. The molecule has 0 bridgehead atoms. The van der Waals surface area contributed by atoms with Crippen LogP contribution in [-0.4, -0.2) is 19.6 Å². The summed E-state index contributed by atoms with van der Waals surface area (Å²) in [6, 6.07) is 18.3. The van der Waals surface area contributed by atoms with Crippen LogP contribution in [0.2, 0.25) is 0 Å². The summed E-state index contributed by atoms with van der Waals surface area (Å²) in [7, 11) is 2.18. The number of hydrogen-bond acceptors (Lipinski definition) is 1. The summed E-state index contributed by atoms with van der Waals surface area (Å²) >= 11 is 0. The molecule has 1 N–H and O–H groups in total. The van der Waals surface area contributed by atoms with E-state index in [2.05, 4.69) is 132 Å². The first-order valence-electron chi connectivity index (χ1n) is 13.0. The topological polar surface area (TPSA) is 7.68 Å². The first kappa shape index (κ1) is 24.5. The third-order valence-electron chi connectivity index (χ3n) is 8.07. The van der Waals surface area contributed by atoms with Crippen molar-refractivity contribution in [3.05, 3.63) is 95.7 Å². The van der Waals surface area contributed by atoms with E-state index in [9.17, 15) is 0 Å². The first-order chi connectivity index (χ1) is 16.2. The van der Waals surface area contributed by atoms with Gasteiger partial charge in [-0.1, -0.05) is 82.3 Å². The van der Waals surface area contributed by atoms with Gasteiger partial charge in [0.05, 0.1) is 12.0 Å². The van der Waals surface area contributed by atoms with Crippen LogP contribution in [0.5, 0.6) is 0 Å². The Morgan fingerprint density at radius 3 is 2.29 bits per heavy atom. The highest BCUT2D eigenvalue weighted by atomic mass is 15.2. The fraction of sp³-hybridized carbons (Fsp3) is 0.438. The predicted molar refractivity (Wildman–Crippen MR) is 147 cm³/mol. The lowest BCUT2D eigenvalue weighted by molar-refractivity contribution is -0.850. The van der Waals surface area contributed by atoms with E-state index in [4.69, 9.17) is 0 Å². The van der Waals surface area contributed by atoms with Gasteiger partial charge in [0.15, 0.2) is 0 Å². The number of rotatable bonds is 7. The summed E-state index contributed by atoms with van der Waals surface area (Å²) in [6.07, 6.45) is 14.0. The number of anilines is 1. The standard InChI is InChI=1S/C32H42N2/c1-24(2)16-15-23-34-28-20-14-12-18-26(28)32(5,6)30(34)22-10-8-9-21-29-31(3,4)25-17-11-13-19-27(25)33(29)7/h8-14,17-22,24,30H,15-16,23H2,1-7H3/p+1/b9-8+,22-10+,29-21+. The van der Waals surface area contributed by atoms with Gasteiger partial charge in [0.1, 0.15) is 11.7 Å². The van der Waals surface area contributed by atoms with E-state index >= 15 is 0 Å². The average molecular weight is 456 g/mol. The molecule has 2 aromatic rings. The van der Waals surface area contributed by atoms with Gasteiger partial charge in [0.2, 0.25) is 0 Å². The summed E-state index contributed by atoms with van der Waals surface area (Å²) in [6.45, 7) is 15.3. The lowest BCUT2D eigenvalue weighted by Gasteiger charge is -2.27. The molecule has 2 aliphatic rings. The molecule has 0 radical (unpaired) electrons. The molecular formula is C32H43N2+. The van der Waals surface area contributed by atoms with Gasteiger partial charge in [0, 0.05) is 29.4 Å². The van der Waals surface area contributed by atoms with E-state index in [1.54, 1.807) is 4.90 Å². The molecule has 34 heavy (non-hydrogen) atoms. The molecule has 0 saturated carbocycles. The van der Waals surface area contributed by atoms with Crippen molar-refractivity contribution >= 4 is 11.4 Å². The number of hydrogen-bond donors (Lipinski definition) is 1. The Kier molecular flexibility index (Phi) is 6.92. The summed E-state index contributed by atoms with van der Waals surface area (Å²) in [4.78, 5) is 3.96. The van der Waals surface area contributed by atoms with Crippen molar-refractivity contribution in [2.45, 2.75) is 71.3 Å². The maximum Gasteiger partial charge on any atom is 0.135 e. The third-order valence-corrected chi connectivity index (χ3v) is 8.07. The van der Waals surface area contributed by atoms with Gasteiger partial charge in [0.25, 0.3) is 0 Å². The van der Waals surface area contributed by atoms with Crippen LogP contribution in [-0.2, 0) is 10.8 Å². The van der Waals surface area contributed by atoms with Crippen LogP contribution in [0, 0.1) is 5.92 Å². The molecule has 2 nitrogen and oxygen atoms in total. The van der Waals surface area contributed by atoms with Crippen molar-refractivity contribution < 1.29 is 4.90 Å². The van der Waals surface area contributed by atoms with E-state index in [0.717, 1.165) is 5.92 Å². The molecule has 2 aromatic carbocycles. The van der Waals surface area contributed by atoms with E-state index in [1.165, 1.54) is 47.6 Å². The fourth-order valence-corrected chi connectivity index (χ4v) is 6.13. The predicted octanol–water partition coefficient (Wildman–Crippen LogP) is 6.72. The van der Waals surface area contributed by atoms with Crippen molar-refractivity contribution in [3.63, 3.8) is 0 Å². The minimum absolute atomic E-state index is 0.0197. The highest BCUT2D eigenvalue weighted by Gasteiger charge is 2.47. The normalized spacial score (nSPS) is 24.0. The average Bonchev–Trinajstić information content (AvgIpc) is 3.13. The minimum atomic E-state index is 0.0197. The molecule has 0 saturated heterocycles. The van der Waals surface area contributed by atoms with Crippen molar-refractivity contribution in [1.82, 2.24) is 0 Å². The molecule has 0 aromatic heterocycles. The minimum Gasteiger partial charge on any atom is -0.347 e. The summed E-state index contributed by atoms with van der Waals surface area (Å²) in [5.74, 6) is 0.763. The monoisotopic (exact) mass is 455 g/mol. The largest absolute Gasteiger partial charge is 0.347 e. The van der Waals surface area contributed by atoms with Gasteiger partial charge in [-0.3, -0.25) is 4.90 Å². The molecule has 4 rings (SSSR count). The van der Waals surface area contributed by atoms with Crippen molar-refractivity contribution in [1.29, 1.82) is 0 Å². The molecule has 2 heteroatoms. The number of nitrogens with one attached hydrogen (secondary N) is 1. The molecule has 2 aliphatic heterocycles. The molecule has 2 heterocycles. The zero-order valence-corrected chi connectivity index (χ0v) is 22.2. The Morgan fingerprint density at radius 2 is 1.59 bits per heavy atom. The molecule has 0 amide bonds. The number of quaternary nitrogens is 1. The van der Waals surface area contributed by atoms with Gasteiger partial charge in [-0.05, 0) is 62.5 Å². The smallest absolute Gasteiger partial charge is 0.135 e. The fourth-order valence-electron chi connectivity index (χ4n) is 6.13. The van der Waals surface area contributed by atoms with Gasteiger partial charge in [-0.15, -0.1) is 0 Å². The molecule has 0 spiro atoms. The highest BCUT2D eigenvalue weighted by molar-refractivity contribution is 5.70. The SMILES string of the molecule is CC(C)CCC[NH+]1c2ccccc2C(C)(C)C1/C=C/C=C/C=C1/N(C)c2ccccc2C1(C)C. The Morgan fingerprint density at radius 1 is 0.912 bits per heavy atom. The van der Waals surface area contributed by atoms with Crippen LogP contribution >= 0.6 is 0 Å². The van der Waals surface area contributed by atoms with Gasteiger partial charge in [-0.25, -0.2) is 0 Å².